The zero-order valence-corrected chi connectivity index (χ0v) is 25.2. The fourth-order valence-electron chi connectivity index (χ4n) is 8.25. The summed E-state index contributed by atoms with van der Waals surface area (Å²) in [5.41, 5.74) is -0.257. The van der Waals surface area contributed by atoms with Gasteiger partial charge in [0.2, 0.25) is 5.78 Å². The summed E-state index contributed by atoms with van der Waals surface area (Å²) in [6, 6.07) is -1.39. The Morgan fingerprint density at radius 2 is 1.89 bits per heavy atom. The van der Waals surface area contributed by atoms with Crippen LogP contribution in [0, 0.1) is 38.7 Å². The van der Waals surface area contributed by atoms with Crippen molar-refractivity contribution in [2.24, 2.45) is 34.3 Å². The maximum atomic E-state index is 17.3. The highest BCUT2D eigenvalue weighted by Crippen LogP contribution is 2.70. The molecule has 0 spiro atoms. The van der Waals surface area contributed by atoms with E-state index in [0.29, 0.717) is 12.0 Å². The fourth-order valence-corrected chi connectivity index (χ4v) is 8.25. The Balaban J connectivity index is 1.38. The summed E-state index contributed by atoms with van der Waals surface area (Å²) in [6.45, 7) is 3.96. The van der Waals surface area contributed by atoms with E-state index >= 15 is 4.39 Å². The van der Waals surface area contributed by atoms with Gasteiger partial charge in [-0.25, -0.2) is 4.39 Å². The third kappa shape index (κ3) is 5.45. The first-order valence-corrected chi connectivity index (χ1v) is 14.9. The van der Waals surface area contributed by atoms with Crippen molar-refractivity contribution in [2.45, 2.75) is 89.1 Å². The predicted octanol–water partition coefficient (Wildman–Crippen LogP) is 1.70. The lowest BCUT2D eigenvalue weighted by atomic mass is 9.45. The average molecular weight is 625 g/mol. The number of ether oxygens (including phenoxy) is 2. The molecule has 13 nitrogen and oxygen atoms in total. The van der Waals surface area contributed by atoms with Gasteiger partial charge < -0.3 is 30.3 Å². The molecule has 2 fully saturated rings. The van der Waals surface area contributed by atoms with Gasteiger partial charge in [-0.15, -0.1) is 10.1 Å². The Kier molecular flexibility index (Phi) is 9.39. The number of hydrogen-bond acceptors (Lipinski definition) is 12. The Morgan fingerprint density at radius 1 is 1.20 bits per heavy atom. The van der Waals surface area contributed by atoms with Crippen LogP contribution in [0.1, 0.15) is 65.7 Å². The van der Waals surface area contributed by atoms with Crippen LogP contribution in [0.15, 0.2) is 23.8 Å². The van der Waals surface area contributed by atoms with Gasteiger partial charge in [0, 0.05) is 23.2 Å². The van der Waals surface area contributed by atoms with Crippen LogP contribution in [0.2, 0.25) is 0 Å². The number of carbonyl (C=O) groups excluding carboxylic acids is 4. The predicted molar refractivity (Wildman–Crippen MR) is 150 cm³/mol. The maximum Gasteiger partial charge on any atom is 0.323 e. The summed E-state index contributed by atoms with van der Waals surface area (Å²) in [7, 11) is 0. The number of aliphatic hydroxyl groups excluding tert-OH is 1. The van der Waals surface area contributed by atoms with E-state index in [-0.39, 0.29) is 51.1 Å². The third-order valence-electron chi connectivity index (χ3n) is 10.6. The third-order valence-corrected chi connectivity index (χ3v) is 10.6. The summed E-state index contributed by atoms with van der Waals surface area (Å²) >= 11 is 0. The molecule has 9 atom stereocenters. The van der Waals surface area contributed by atoms with Crippen molar-refractivity contribution in [2.75, 3.05) is 19.8 Å². The van der Waals surface area contributed by atoms with E-state index in [2.05, 4.69) is 4.84 Å². The Labute approximate surface area is 254 Å². The molecule has 0 amide bonds. The lowest BCUT2D eigenvalue weighted by Crippen LogP contribution is -2.69. The zero-order valence-electron chi connectivity index (χ0n) is 25.2. The van der Waals surface area contributed by atoms with Crippen molar-refractivity contribution < 1.29 is 53.2 Å². The van der Waals surface area contributed by atoms with Gasteiger partial charge in [-0.3, -0.25) is 19.2 Å². The molecule has 0 heterocycles. The van der Waals surface area contributed by atoms with Gasteiger partial charge in [0.05, 0.1) is 25.7 Å². The van der Waals surface area contributed by atoms with Crippen molar-refractivity contribution in [3.05, 3.63) is 33.9 Å². The van der Waals surface area contributed by atoms with Crippen LogP contribution in [0.25, 0.3) is 0 Å². The summed E-state index contributed by atoms with van der Waals surface area (Å²) in [6.07, 6.45) is 3.53. The van der Waals surface area contributed by atoms with Crippen LogP contribution in [0.5, 0.6) is 0 Å². The summed E-state index contributed by atoms with van der Waals surface area (Å²) < 4.78 is 27.3. The number of nitrogens with two attached hydrogens (primary N) is 1. The second-order valence-electron chi connectivity index (χ2n) is 13.0. The Hall–Kier alpha value is -3.23. The molecule has 0 aromatic heterocycles. The van der Waals surface area contributed by atoms with Crippen molar-refractivity contribution in [1.82, 2.24) is 0 Å². The highest BCUT2D eigenvalue weighted by molar-refractivity contribution is 5.94. The lowest BCUT2D eigenvalue weighted by molar-refractivity contribution is -0.757. The smallest absolute Gasteiger partial charge is 0.323 e. The minimum Gasteiger partial charge on any atom is -0.465 e. The zero-order chi connectivity index (χ0) is 32.7. The molecular weight excluding hydrogens is 583 g/mol. The van der Waals surface area contributed by atoms with Crippen molar-refractivity contribution in [3.8, 4) is 0 Å². The van der Waals surface area contributed by atoms with Crippen LogP contribution in [0.4, 0.5) is 4.39 Å². The number of halogens is 1. The molecule has 0 aromatic rings. The largest absolute Gasteiger partial charge is 0.465 e. The van der Waals surface area contributed by atoms with Crippen molar-refractivity contribution in [1.29, 1.82) is 0 Å². The van der Waals surface area contributed by atoms with Crippen LogP contribution < -0.4 is 5.73 Å². The molecule has 4 aliphatic rings. The fraction of sp³-hybridized carbons (Fsp3) is 0.733. The van der Waals surface area contributed by atoms with E-state index in [0.717, 1.165) is 0 Å². The number of esters is 2. The van der Waals surface area contributed by atoms with E-state index in [4.69, 9.17) is 15.2 Å². The molecule has 0 saturated heterocycles. The van der Waals surface area contributed by atoms with Crippen LogP contribution in [-0.2, 0) is 33.5 Å². The molecule has 4 N–H and O–H groups in total. The monoisotopic (exact) mass is 624 g/mol. The Morgan fingerprint density at radius 3 is 2.57 bits per heavy atom. The maximum absolute atomic E-state index is 17.3. The van der Waals surface area contributed by atoms with Gasteiger partial charge >= 0.3 is 11.9 Å². The summed E-state index contributed by atoms with van der Waals surface area (Å²) in [4.78, 5) is 64.4. The molecule has 0 aliphatic heterocycles. The normalized spacial score (nSPS) is 38.0. The minimum atomic E-state index is -2.12. The summed E-state index contributed by atoms with van der Waals surface area (Å²) in [5, 5.41) is 32.6. The van der Waals surface area contributed by atoms with E-state index in [1.807, 2.05) is 6.08 Å². The number of carbonyl (C=O) groups is 4. The molecule has 2 saturated carbocycles. The number of nitrogens with zero attached hydrogens (tertiary/aromatic N) is 1. The highest BCUT2D eigenvalue weighted by Gasteiger charge is 2.75. The molecule has 0 radical (unpaired) electrons. The first-order chi connectivity index (χ1) is 20.5. The first kappa shape index (κ1) is 33.7. The highest BCUT2D eigenvalue weighted by atomic mass is 19.1. The molecular formula is C30H41FN2O11. The molecule has 0 aromatic carbocycles. The van der Waals surface area contributed by atoms with Gasteiger partial charge in [0.25, 0.3) is 5.09 Å². The molecule has 244 valence electrons. The second kappa shape index (κ2) is 12.3. The number of alkyl halides is 1. The topological polar surface area (TPSA) is 206 Å². The standard InChI is InChI=1S/C30H41FN2O11/c1-17-12-21-20-7-6-18-13-19(34)8-9-27(18,2)29(20,31)23(35)15-28(21,3)30(17,39)24(36)16-43-25(37)14-22(32)26(38)42-10-4-5-11-44-33(40)41/h6,8-9,17,20-23,35,39H,4-5,7,10-16,32H2,1-3H3/t17-,20-,21-,22?,23-,27-,28-,29-,30-/m0/s1. The quantitative estimate of drug-likeness (QED) is 0.0933. The molecule has 4 rings (SSSR count). The Bertz CT molecular complexity index is 1270. The van der Waals surface area contributed by atoms with Gasteiger partial charge in [0.15, 0.2) is 18.1 Å². The number of fused-ring (bicyclic) bond motifs is 5. The number of Topliss-reactive ketones (excluding diaryl/α,β-unsaturated/α-hetero) is 1. The van der Waals surface area contributed by atoms with Crippen molar-refractivity contribution in [3.63, 3.8) is 0 Å². The lowest BCUT2D eigenvalue weighted by Gasteiger charge is -2.62. The molecule has 14 heteroatoms. The number of hydrogen-bond donors (Lipinski definition) is 3. The van der Waals surface area contributed by atoms with Crippen LogP contribution >= 0.6 is 0 Å². The van der Waals surface area contributed by atoms with E-state index in [1.54, 1.807) is 20.8 Å². The number of aliphatic hydroxyl groups is 2. The number of ketones is 2. The van der Waals surface area contributed by atoms with Crippen LogP contribution in [-0.4, -0.2) is 82.0 Å². The SMILES string of the molecule is C[C@H]1C[C@H]2[C@@H]3CC=C4CC(=O)C=C[C@]4(C)[C@@]3(F)[C@@H](O)C[C@]2(C)[C@@]1(O)C(=O)COC(=O)CC(N)C(=O)OCCCCO[N+](=O)[O-]. The van der Waals surface area contributed by atoms with Gasteiger partial charge in [-0.1, -0.05) is 31.6 Å². The number of unbranched alkanes of at least 4 members (excludes halogenated alkanes) is 1. The van der Waals surface area contributed by atoms with Gasteiger partial charge in [-0.2, -0.15) is 0 Å². The van der Waals surface area contributed by atoms with E-state index < -0.39 is 87.8 Å². The number of rotatable bonds is 12. The minimum absolute atomic E-state index is 0.0764. The molecule has 4 aliphatic carbocycles. The molecule has 0 bridgehead atoms. The van der Waals surface area contributed by atoms with E-state index in [1.165, 1.54) is 12.2 Å². The van der Waals surface area contributed by atoms with Gasteiger partial charge in [0.1, 0.15) is 11.6 Å². The number of allylic oxidation sites excluding steroid dienone is 4. The van der Waals surface area contributed by atoms with Crippen molar-refractivity contribution >= 4 is 23.5 Å². The molecule has 44 heavy (non-hydrogen) atoms. The second-order valence-corrected chi connectivity index (χ2v) is 13.0. The summed E-state index contributed by atoms with van der Waals surface area (Å²) in [5.74, 6) is -4.68. The van der Waals surface area contributed by atoms with Gasteiger partial charge in [-0.05, 0) is 56.9 Å². The van der Waals surface area contributed by atoms with E-state index in [9.17, 15) is 39.5 Å². The first-order valence-electron chi connectivity index (χ1n) is 14.9. The van der Waals surface area contributed by atoms with Crippen LogP contribution in [0.3, 0.4) is 0 Å². The molecule has 1 unspecified atom stereocenters. The average Bonchev–Trinajstić information content (AvgIpc) is 3.15.